The number of allylic oxidation sites excluding steroid dienone is 1. The minimum absolute atomic E-state index is 0.0127. The molecular formula is C17H26O3. The summed E-state index contributed by atoms with van der Waals surface area (Å²) >= 11 is 0. The predicted molar refractivity (Wildman–Crippen MR) is 77.1 cm³/mol. The molecule has 0 radical (unpaired) electrons. The van der Waals surface area contributed by atoms with Crippen LogP contribution in [0.2, 0.25) is 0 Å². The van der Waals surface area contributed by atoms with Gasteiger partial charge in [-0.2, -0.15) is 0 Å². The third kappa shape index (κ3) is 1.65. The molecule has 3 aliphatic carbocycles. The van der Waals surface area contributed by atoms with Crippen molar-refractivity contribution in [2.24, 2.45) is 16.7 Å². The molecular weight excluding hydrogens is 252 g/mol. The van der Waals surface area contributed by atoms with Crippen molar-refractivity contribution in [3.63, 3.8) is 0 Å². The Balaban J connectivity index is 2.03. The van der Waals surface area contributed by atoms with E-state index in [1.807, 2.05) is 0 Å². The average molecular weight is 278 g/mol. The Morgan fingerprint density at radius 1 is 1.35 bits per heavy atom. The zero-order valence-electron chi connectivity index (χ0n) is 13.1. The van der Waals surface area contributed by atoms with Crippen molar-refractivity contribution in [3.05, 3.63) is 11.1 Å². The summed E-state index contributed by atoms with van der Waals surface area (Å²) in [5.41, 5.74) is 2.50. The lowest BCUT2D eigenvalue weighted by atomic mass is 9.48. The summed E-state index contributed by atoms with van der Waals surface area (Å²) in [5, 5.41) is 9.67. The van der Waals surface area contributed by atoms with Crippen molar-refractivity contribution in [1.29, 1.82) is 0 Å². The van der Waals surface area contributed by atoms with Gasteiger partial charge in [0.15, 0.2) is 0 Å². The van der Waals surface area contributed by atoms with Gasteiger partial charge in [0.1, 0.15) is 5.60 Å². The molecule has 3 heteroatoms. The first kappa shape index (κ1) is 14.1. The van der Waals surface area contributed by atoms with Gasteiger partial charge in [0.25, 0.3) is 0 Å². The summed E-state index contributed by atoms with van der Waals surface area (Å²) in [4.78, 5) is 11.6. The van der Waals surface area contributed by atoms with Crippen LogP contribution in [0.3, 0.4) is 0 Å². The summed E-state index contributed by atoms with van der Waals surface area (Å²) < 4.78 is 5.84. The van der Waals surface area contributed by atoms with Crippen LogP contribution in [0.1, 0.15) is 59.8 Å². The van der Waals surface area contributed by atoms with E-state index in [-0.39, 0.29) is 29.0 Å². The molecule has 0 spiro atoms. The van der Waals surface area contributed by atoms with E-state index in [1.54, 1.807) is 0 Å². The number of esters is 1. The molecule has 4 atom stereocenters. The van der Waals surface area contributed by atoms with Crippen LogP contribution in [-0.2, 0) is 9.53 Å². The molecule has 0 amide bonds. The fourth-order valence-electron chi connectivity index (χ4n) is 5.13. The first-order valence-corrected chi connectivity index (χ1v) is 7.76. The fraction of sp³-hybridized carbons (Fsp3) is 0.824. The Morgan fingerprint density at radius 2 is 2.05 bits per heavy atom. The number of fused-ring (bicyclic) bond motifs is 2. The Labute approximate surface area is 121 Å². The van der Waals surface area contributed by atoms with Gasteiger partial charge in [0, 0.05) is 18.9 Å². The average Bonchev–Trinajstić information content (AvgIpc) is 2.70. The molecule has 3 aliphatic rings. The Kier molecular flexibility index (Phi) is 2.89. The van der Waals surface area contributed by atoms with Crippen LogP contribution in [0, 0.1) is 16.7 Å². The minimum atomic E-state index is -0.356. The quantitative estimate of drug-likeness (QED) is 0.623. The first-order valence-electron chi connectivity index (χ1n) is 7.76. The van der Waals surface area contributed by atoms with Gasteiger partial charge < -0.3 is 9.84 Å². The van der Waals surface area contributed by atoms with Crippen molar-refractivity contribution >= 4 is 5.97 Å². The van der Waals surface area contributed by atoms with E-state index in [0.29, 0.717) is 5.92 Å². The summed E-state index contributed by atoms with van der Waals surface area (Å²) in [6.07, 6.45) is 5.22. The summed E-state index contributed by atoms with van der Waals surface area (Å²) in [6.45, 7) is 8.37. The van der Waals surface area contributed by atoms with Crippen LogP contribution in [0.4, 0.5) is 0 Å². The van der Waals surface area contributed by atoms with E-state index >= 15 is 0 Å². The highest BCUT2D eigenvalue weighted by atomic mass is 16.6. The smallest absolute Gasteiger partial charge is 0.303 e. The molecule has 0 aliphatic heterocycles. The second-order valence-electron chi connectivity index (χ2n) is 7.88. The lowest BCUT2D eigenvalue weighted by Crippen LogP contribution is -2.61. The van der Waals surface area contributed by atoms with Gasteiger partial charge in [-0.1, -0.05) is 19.4 Å². The Bertz CT molecular complexity index is 494. The van der Waals surface area contributed by atoms with E-state index in [9.17, 15) is 9.90 Å². The monoisotopic (exact) mass is 278 g/mol. The molecule has 0 saturated heterocycles. The van der Waals surface area contributed by atoms with Gasteiger partial charge in [-0.05, 0) is 55.9 Å². The number of hydrogen-bond donors (Lipinski definition) is 1. The topological polar surface area (TPSA) is 46.5 Å². The molecule has 0 heterocycles. The number of carbonyl (C=O) groups excluding carboxylic acids is 1. The zero-order chi connectivity index (χ0) is 14.8. The molecule has 0 aromatic carbocycles. The van der Waals surface area contributed by atoms with E-state index in [1.165, 1.54) is 18.1 Å². The maximum Gasteiger partial charge on any atom is 0.303 e. The van der Waals surface area contributed by atoms with Gasteiger partial charge in [-0.15, -0.1) is 0 Å². The van der Waals surface area contributed by atoms with Gasteiger partial charge in [0.2, 0.25) is 0 Å². The number of aliphatic hydroxyl groups excluding tert-OH is 1. The summed E-state index contributed by atoms with van der Waals surface area (Å²) in [6, 6.07) is 0. The normalized spacial score (nSPS) is 46.5. The molecule has 0 bridgehead atoms. The molecule has 2 saturated carbocycles. The number of rotatable bonds is 2. The maximum absolute atomic E-state index is 11.6. The van der Waals surface area contributed by atoms with Crippen molar-refractivity contribution in [3.8, 4) is 0 Å². The lowest BCUT2D eigenvalue weighted by Gasteiger charge is -2.61. The molecule has 3 rings (SSSR count). The molecule has 20 heavy (non-hydrogen) atoms. The number of aliphatic hydroxyl groups is 1. The third-order valence-electron chi connectivity index (χ3n) is 6.34. The maximum atomic E-state index is 11.6. The van der Waals surface area contributed by atoms with E-state index < -0.39 is 0 Å². The highest BCUT2D eigenvalue weighted by Gasteiger charge is 2.64. The fourth-order valence-corrected chi connectivity index (χ4v) is 5.13. The Morgan fingerprint density at radius 3 is 2.55 bits per heavy atom. The third-order valence-corrected chi connectivity index (χ3v) is 6.34. The van der Waals surface area contributed by atoms with Gasteiger partial charge >= 0.3 is 5.97 Å². The molecule has 0 unspecified atom stereocenters. The predicted octanol–water partition coefficient (Wildman–Crippen LogP) is 3.22. The van der Waals surface area contributed by atoms with Crippen molar-refractivity contribution in [2.45, 2.75) is 65.4 Å². The van der Waals surface area contributed by atoms with Crippen LogP contribution in [0.5, 0.6) is 0 Å². The van der Waals surface area contributed by atoms with Crippen molar-refractivity contribution in [2.75, 3.05) is 6.61 Å². The van der Waals surface area contributed by atoms with Gasteiger partial charge in [-0.25, -0.2) is 0 Å². The lowest BCUT2D eigenvalue weighted by molar-refractivity contribution is -0.197. The highest BCUT2D eigenvalue weighted by molar-refractivity contribution is 5.68. The van der Waals surface area contributed by atoms with Crippen molar-refractivity contribution in [1.82, 2.24) is 0 Å². The second-order valence-corrected chi connectivity index (χ2v) is 7.88. The zero-order valence-corrected chi connectivity index (χ0v) is 13.1. The van der Waals surface area contributed by atoms with E-state index in [0.717, 1.165) is 32.1 Å². The molecule has 112 valence electrons. The number of hydrogen-bond acceptors (Lipinski definition) is 3. The minimum Gasteiger partial charge on any atom is -0.454 e. The largest absolute Gasteiger partial charge is 0.454 e. The Hall–Kier alpha value is -0.830. The van der Waals surface area contributed by atoms with E-state index in [4.69, 9.17) is 4.74 Å². The molecule has 1 N–H and O–H groups in total. The molecule has 2 fully saturated rings. The van der Waals surface area contributed by atoms with Crippen LogP contribution in [-0.4, -0.2) is 23.3 Å². The standard InChI is InChI=1S/C17H26O3/c1-11-14-9-15(3,10-18)7-13(14)8-16(4)5-6-17(11,16)20-12(2)19/h13,18H,5-10H2,1-4H3/t13-,15-,16-,17-/m1/s1. The molecule has 3 nitrogen and oxygen atoms in total. The number of ether oxygens (including phenoxy) is 1. The van der Waals surface area contributed by atoms with Crippen LogP contribution in [0.25, 0.3) is 0 Å². The highest BCUT2D eigenvalue weighted by Crippen LogP contribution is 2.67. The summed E-state index contributed by atoms with van der Waals surface area (Å²) in [5.74, 6) is 0.401. The van der Waals surface area contributed by atoms with Crippen LogP contribution < -0.4 is 0 Å². The second kappa shape index (κ2) is 4.09. The molecule has 0 aromatic rings. The van der Waals surface area contributed by atoms with Gasteiger partial charge in [-0.3, -0.25) is 4.79 Å². The van der Waals surface area contributed by atoms with Crippen LogP contribution in [0.15, 0.2) is 11.1 Å². The number of carbonyl (C=O) groups is 1. The van der Waals surface area contributed by atoms with Crippen molar-refractivity contribution < 1.29 is 14.6 Å². The first-order chi connectivity index (χ1) is 9.25. The van der Waals surface area contributed by atoms with Crippen LogP contribution >= 0.6 is 0 Å². The SMILES string of the molecule is CC(=O)O[C@@]12CC[C@]1(C)C[C@H]1C[C@@](C)(CO)CC1=C2C. The van der Waals surface area contributed by atoms with Gasteiger partial charge in [0.05, 0.1) is 0 Å². The van der Waals surface area contributed by atoms with E-state index in [2.05, 4.69) is 20.8 Å². The molecule has 0 aromatic heterocycles. The summed E-state index contributed by atoms with van der Waals surface area (Å²) in [7, 11) is 0.